The average Bonchev–Trinajstić information content (AvgIpc) is 2.64. The zero-order chi connectivity index (χ0) is 17.5. The molecule has 0 radical (unpaired) electrons. The Bertz CT molecular complexity index is 725. The molecule has 0 bridgehead atoms. The number of amides is 1. The summed E-state index contributed by atoms with van der Waals surface area (Å²) in [6, 6.07) is 12.9. The van der Waals surface area contributed by atoms with Crippen LogP contribution in [-0.4, -0.2) is 38.8 Å². The number of fused-ring (bicyclic) bond motifs is 1. The van der Waals surface area contributed by atoms with Gasteiger partial charge in [0, 0.05) is 12.1 Å². The molecule has 0 aliphatic carbocycles. The molecule has 25 heavy (non-hydrogen) atoms. The van der Waals surface area contributed by atoms with Crippen molar-refractivity contribution in [2.24, 2.45) is 0 Å². The zero-order valence-electron chi connectivity index (χ0n) is 13.6. The molecule has 0 spiro atoms. The van der Waals surface area contributed by atoms with E-state index in [-0.39, 0.29) is 12.5 Å². The van der Waals surface area contributed by atoms with Gasteiger partial charge in [-0.2, -0.15) is 0 Å². The summed E-state index contributed by atoms with van der Waals surface area (Å²) in [6.45, 7) is 1.93. The van der Waals surface area contributed by atoms with Crippen molar-refractivity contribution in [2.45, 2.75) is 0 Å². The summed E-state index contributed by atoms with van der Waals surface area (Å²) in [6.07, 6.45) is 0. The van der Waals surface area contributed by atoms with Gasteiger partial charge in [-0.25, -0.2) is 0 Å². The summed E-state index contributed by atoms with van der Waals surface area (Å²) in [5, 5.41) is 6.26. The topological polar surface area (TPSA) is 68.8 Å². The van der Waals surface area contributed by atoms with Gasteiger partial charge in [0.15, 0.2) is 11.5 Å². The number of ether oxygens (including phenoxy) is 3. The number of para-hydroxylation sites is 1. The van der Waals surface area contributed by atoms with Crippen molar-refractivity contribution in [3.05, 3.63) is 47.5 Å². The Morgan fingerprint density at radius 1 is 1.12 bits per heavy atom. The molecule has 0 fully saturated rings. The third-order valence-electron chi connectivity index (χ3n) is 3.51. The maximum Gasteiger partial charge on any atom is 0.239 e. The fourth-order valence-corrected chi connectivity index (χ4v) is 2.53. The number of carbonyl (C=O) groups excluding carboxylic acids is 1. The number of benzene rings is 2. The molecule has 1 aliphatic heterocycles. The fourth-order valence-electron chi connectivity index (χ4n) is 2.31. The van der Waals surface area contributed by atoms with E-state index in [0.29, 0.717) is 48.6 Å². The van der Waals surface area contributed by atoms with Crippen LogP contribution < -0.4 is 24.8 Å². The fraction of sp³-hybridized carbons (Fsp3) is 0.278. The minimum atomic E-state index is -0.150. The van der Waals surface area contributed by atoms with Crippen molar-refractivity contribution >= 4 is 23.2 Å². The first kappa shape index (κ1) is 17.2. The highest BCUT2D eigenvalue weighted by atomic mass is 35.5. The van der Waals surface area contributed by atoms with E-state index in [1.165, 1.54) is 0 Å². The molecule has 1 aliphatic rings. The first-order valence-corrected chi connectivity index (χ1v) is 8.38. The molecule has 6 nitrogen and oxygen atoms in total. The lowest BCUT2D eigenvalue weighted by atomic mass is 10.2. The van der Waals surface area contributed by atoms with Gasteiger partial charge >= 0.3 is 0 Å². The van der Waals surface area contributed by atoms with E-state index >= 15 is 0 Å². The highest BCUT2D eigenvalue weighted by Gasteiger charge is 2.15. The highest BCUT2D eigenvalue weighted by molar-refractivity contribution is 6.33. The van der Waals surface area contributed by atoms with E-state index in [9.17, 15) is 4.79 Å². The minimum Gasteiger partial charge on any atom is -0.492 e. The Morgan fingerprint density at radius 3 is 2.60 bits per heavy atom. The van der Waals surface area contributed by atoms with E-state index in [1.807, 2.05) is 30.3 Å². The van der Waals surface area contributed by atoms with Crippen LogP contribution in [0.4, 0.5) is 5.69 Å². The van der Waals surface area contributed by atoms with Crippen LogP contribution in [0.5, 0.6) is 17.2 Å². The predicted molar refractivity (Wildman–Crippen MR) is 95.9 cm³/mol. The molecule has 3 rings (SSSR count). The number of hydrogen-bond acceptors (Lipinski definition) is 5. The summed E-state index contributed by atoms with van der Waals surface area (Å²) < 4.78 is 16.5. The van der Waals surface area contributed by atoms with E-state index < -0.39 is 0 Å². The monoisotopic (exact) mass is 362 g/mol. The van der Waals surface area contributed by atoms with E-state index in [2.05, 4.69) is 10.6 Å². The standard InChI is InChI=1S/C18H19ClN2O4/c19-14-10-16-17(25-9-8-24-16)11-15(14)21-12-18(22)20-6-7-23-13-4-2-1-3-5-13/h1-5,10-11,21H,6-9,12H2,(H,20,22). The van der Waals surface area contributed by atoms with Crippen molar-refractivity contribution in [1.29, 1.82) is 0 Å². The van der Waals surface area contributed by atoms with Gasteiger partial charge in [0.1, 0.15) is 25.6 Å². The Hall–Kier alpha value is -2.60. The van der Waals surface area contributed by atoms with Gasteiger partial charge in [-0.1, -0.05) is 29.8 Å². The van der Waals surface area contributed by atoms with Crippen LogP contribution in [0.2, 0.25) is 5.02 Å². The maximum absolute atomic E-state index is 11.9. The molecule has 7 heteroatoms. The Labute approximate surface area is 151 Å². The third kappa shape index (κ3) is 4.93. The number of rotatable bonds is 7. The molecule has 2 aromatic carbocycles. The molecule has 132 valence electrons. The molecule has 2 N–H and O–H groups in total. The van der Waals surface area contributed by atoms with E-state index in [4.69, 9.17) is 25.8 Å². The summed E-state index contributed by atoms with van der Waals surface area (Å²) in [5.41, 5.74) is 0.626. The van der Waals surface area contributed by atoms with Crippen LogP contribution >= 0.6 is 11.6 Å². The van der Waals surface area contributed by atoms with Gasteiger partial charge in [-0.05, 0) is 12.1 Å². The molecule has 0 atom stereocenters. The van der Waals surface area contributed by atoms with Gasteiger partial charge in [0.25, 0.3) is 0 Å². The largest absolute Gasteiger partial charge is 0.492 e. The number of halogens is 1. The van der Waals surface area contributed by atoms with Crippen LogP contribution in [0, 0.1) is 0 Å². The quantitative estimate of drug-likeness (QED) is 0.741. The molecule has 0 aromatic heterocycles. The normalized spacial score (nSPS) is 12.4. The van der Waals surface area contributed by atoms with Crippen LogP contribution in [0.3, 0.4) is 0 Å². The third-order valence-corrected chi connectivity index (χ3v) is 3.82. The molecule has 0 unspecified atom stereocenters. The summed E-state index contributed by atoms with van der Waals surface area (Å²) in [5.74, 6) is 1.86. The van der Waals surface area contributed by atoms with Gasteiger partial charge in [-0.3, -0.25) is 4.79 Å². The van der Waals surface area contributed by atoms with Gasteiger partial charge < -0.3 is 24.8 Å². The van der Waals surface area contributed by atoms with Gasteiger partial charge in [-0.15, -0.1) is 0 Å². The van der Waals surface area contributed by atoms with Gasteiger partial charge in [0.05, 0.1) is 23.8 Å². The minimum absolute atomic E-state index is 0.102. The first-order chi connectivity index (χ1) is 12.2. The Kier molecular flexibility index (Phi) is 5.85. The Balaban J connectivity index is 1.41. The number of carbonyl (C=O) groups is 1. The maximum atomic E-state index is 11.9. The number of nitrogens with one attached hydrogen (secondary N) is 2. The summed E-state index contributed by atoms with van der Waals surface area (Å²) in [7, 11) is 0. The van der Waals surface area contributed by atoms with Crippen molar-refractivity contribution < 1.29 is 19.0 Å². The lowest BCUT2D eigenvalue weighted by Crippen LogP contribution is -2.33. The molecule has 0 saturated heterocycles. The predicted octanol–water partition coefficient (Wildman–Crippen LogP) is 2.72. The summed E-state index contributed by atoms with van der Waals surface area (Å²) in [4.78, 5) is 11.9. The second-order valence-electron chi connectivity index (χ2n) is 5.34. The van der Waals surface area contributed by atoms with E-state index in [1.54, 1.807) is 12.1 Å². The lowest BCUT2D eigenvalue weighted by molar-refractivity contribution is -0.119. The number of hydrogen-bond donors (Lipinski definition) is 2. The van der Waals surface area contributed by atoms with Crippen molar-refractivity contribution in [2.75, 3.05) is 38.2 Å². The van der Waals surface area contributed by atoms with Crippen LogP contribution in [0.15, 0.2) is 42.5 Å². The van der Waals surface area contributed by atoms with Crippen LogP contribution in [0.25, 0.3) is 0 Å². The SMILES string of the molecule is O=C(CNc1cc2c(cc1Cl)OCCO2)NCCOc1ccccc1. The van der Waals surface area contributed by atoms with Crippen LogP contribution in [-0.2, 0) is 4.79 Å². The molecule has 1 heterocycles. The molecular weight excluding hydrogens is 344 g/mol. The van der Waals surface area contributed by atoms with Crippen molar-refractivity contribution in [1.82, 2.24) is 5.32 Å². The molecule has 2 aromatic rings. The zero-order valence-corrected chi connectivity index (χ0v) is 14.3. The van der Waals surface area contributed by atoms with Gasteiger partial charge in [0.2, 0.25) is 5.91 Å². The highest BCUT2D eigenvalue weighted by Crippen LogP contribution is 2.37. The first-order valence-electron chi connectivity index (χ1n) is 8.00. The van der Waals surface area contributed by atoms with E-state index in [0.717, 1.165) is 5.75 Å². The average molecular weight is 363 g/mol. The lowest BCUT2D eigenvalue weighted by Gasteiger charge is -2.20. The summed E-state index contributed by atoms with van der Waals surface area (Å²) >= 11 is 6.19. The van der Waals surface area contributed by atoms with Crippen molar-refractivity contribution in [3.63, 3.8) is 0 Å². The number of anilines is 1. The smallest absolute Gasteiger partial charge is 0.239 e. The molecular formula is C18H19ClN2O4. The molecule has 0 saturated carbocycles. The van der Waals surface area contributed by atoms with Crippen LogP contribution in [0.1, 0.15) is 0 Å². The van der Waals surface area contributed by atoms with Crippen molar-refractivity contribution in [3.8, 4) is 17.2 Å². The molecule has 1 amide bonds. The Morgan fingerprint density at radius 2 is 1.84 bits per heavy atom. The second-order valence-corrected chi connectivity index (χ2v) is 5.75. The second kappa shape index (κ2) is 8.48.